The highest BCUT2D eigenvalue weighted by atomic mass is 16.5. The van der Waals surface area contributed by atoms with Crippen LogP contribution < -0.4 is 5.32 Å². The Kier molecular flexibility index (Phi) is 6.10. The summed E-state index contributed by atoms with van der Waals surface area (Å²) >= 11 is 0. The lowest BCUT2D eigenvalue weighted by Crippen LogP contribution is -2.45. The van der Waals surface area contributed by atoms with Gasteiger partial charge in [0.2, 0.25) is 0 Å². The number of likely N-dealkylation sites (tertiary alicyclic amines) is 2. The second-order valence-corrected chi connectivity index (χ2v) is 7.02. The lowest BCUT2D eigenvalue weighted by Gasteiger charge is -2.21. The van der Waals surface area contributed by atoms with Crippen molar-refractivity contribution in [2.45, 2.75) is 25.3 Å². The smallest absolute Gasteiger partial charge is 0.317 e. The molecule has 2 aliphatic rings. The molecule has 1 aromatic rings. The Morgan fingerprint density at radius 2 is 2.04 bits per heavy atom. The molecule has 5 nitrogen and oxygen atoms in total. The van der Waals surface area contributed by atoms with Crippen molar-refractivity contribution in [3.8, 4) is 0 Å². The minimum atomic E-state index is 0.115. The molecule has 0 aromatic heterocycles. The first kappa shape index (κ1) is 17.2. The molecule has 5 heteroatoms. The number of hydrogen-bond donors (Lipinski definition) is 1. The summed E-state index contributed by atoms with van der Waals surface area (Å²) < 4.78 is 5.12. The van der Waals surface area contributed by atoms with E-state index in [0.29, 0.717) is 5.92 Å². The van der Waals surface area contributed by atoms with Crippen LogP contribution in [-0.4, -0.2) is 68.3 Å². The zero-order valence-electron chi connectivity index (χ0n) is 14.6. The summed E-state index contributed by atoms with van der Waals surface area (Å²) in [5.74, 6) is 0.583. The molecule has 0 spiro atoms. The van der Waals surface area contributed by atoms with Crippen LogP contribution in [0.4, 0.5) is 4.79 Å². The second-order valence-electron chi connectivity index (χ2n) is 7.02. The van der Waals surface area contributed by atoms with Gasteiger partial charge in [0.05, 0.1) is 6.61 Å². The van der Waals surface area contributed by atoms with Crippen LogP contribution in [0.2, 0.25) is 0 Å². The van der Waals surface area contributed by atoms with Crippen molar-refractivity contribution in [3.05, 3.63) is 35.9 Å². The third-order valence-electron chi connectivity index (χ3n) is 5.15. The molecule has 2 saturated heterocycles. The third kappa shape index (κ3) is 4.71. The van der Waals surface area contributed by atoms with Gasteiger partial charge in [-0.3, -0.25) is 4.90 Å². The standard InChI is InChI=1S/C19H29N3O2/c1-24-12-11-21-9-8-18(15-21)20-19(23)22-10-7-17(14-22)13-16-5-3-2-4-6-16/h2-6,17-18H,7-15H2,1H3,(H,20,23)/t17-,18-/m0/s1. The predicted molar refractivity (Wildman–Crippen MR) is 95.1 cm³/mol. The lowest BCUT2D eigenvalue weighted by molar-refractivity contribution is 0.159. The molecule has 0 bridgehead atoms. The molecule has 2 amide bonds. The van der Waals surface area contributed by atoms with Gasteiger partial charge < -0.3 is 15.0 Å². The highest BCUT2D eigenvalue weighted by molar-refractivity contribution is 5.74. The first-order chi connectivity index (χ1) is 11.7. The van der Waals surface area contributed by atoms with E-state index >= 15 is 0 Å². The molecule has 0 radical (unpaired) electrons. The molecule has 1 N–H and O–H groups in total. The van der Waals surface area contributed by atoms with E-state index in [4.69, 9.17) is 4.74 Å². The zero-order chi connectivity index (χ0) is 16.8. The Morgan fingerprint density at radius 3 is 2.83 bits per heavy atom. The van der Waals surface area contributed by atoms with E-state index in [0.717, 1.165) is 58.6 Å². The highest BCUT2D eigenvalue weighted by Gasteiger charge is 2.29. The predicted octanol–water partition coefficient (Wildman–Crippen LogP) is 1.98. The topological polar surface area (TPSA) is 44.8 Å². The van der Waals surface area contributed by atoms with E-state index < -0.39 is 0 Å². The first-order valence-electron chi connectivity index (χ1n) is 9.05. The fourth-order valence-corrected chi connectivity index (χ4v) is 3.77. The van der Waals surface area contributed by atoms with E-state index in [9.17, 15) is 4.79 Å². The summed E-state index contributed by atoms with van der Waals surface area (Å²) in [5, 5.41) is 3.22. The number of benzene rings is 1. The molecule has 132 valence electrons. The van der Waals surface area contributed by atoms with Crippen molar-refractivity contribution in [1.29, 1.82) is 0 Å². The molecule has 0 aliphatic carbocycles. The summed E-state index contributed by atoms with van der Waals surface area (Å²) in [6, 6.07) is 11.0. The van der Waals surface area contributed by atoms with Gasteiger partial charge in [0.1, 0.15) is 0 Å². The molecular weight excluding hydrogens is 302 g/mol. The van der Waals surface area contributed by atoms with Gasteiger partial charge in [0.25, 0.3) is 0 Å². The van der Waals surface area contributed by atoms with Gasteiger partial charge in [-0.2, -0.15) is 0 Å². The average molecular weight is 331 g/mol. The number of methoxy groups -OCH3 is 1. The molecular formula is C19H29N3O2. The number of amides is 2. The van der Waals surface area contributed by atoms with Gasteiger partial charge in [0.15, 0.2) is 0 Å². The summed E-state index contributed by atoms with van der Waals surface area (Å²) in [6.45, 7) is 5.45. The number of carbonyl (C=O) groups is 1. The second kappa shape index (κ2) is 8.49. The maximum Gasteiger partial charge on any atom is 0.317 e. The molecule has 2 aliphatic heterocycles. The zero-order valence-corrected chi connectivity index (χ0v) is 14.6. The normalized spacial score (nSPS) is 24.5. The number of ether oxygens (including phenoxy) is 1. The highest BCUT2D eigenvalue weighted by Crippen LogP contribution is 2.21. The van der Waals surface area contributed by atoms with Crippen LogP contribution >= 0.6 is 0 Å². The first-order valence-corrected chi connectivity index (χ1v) is 9.05. The Labute approximate surface area is 145 Å². The van der Waals surface area contributed by atoms with Crippen molar-refractivity contribution in [1.82, 2.24) is 15.1 Å². The number of nitrogens with one attached hydrogen (secondary N) is 1. The van der Waals surface area contributed by atoms with Crippen molar-refractivity contribution >= 4 is 6.03 Å². The minimum Gasteiger partial charge on any atom is -0.383 e. The van der Waals surface area contributed by atoms with Crippen LogP contribution in [0.5, 0.6) is 0 Å². The summed E-state index contributed by atoms with van der Waals surface area (Å²) in [4.78, 5) is 16.8. The van der Waals surface area contributed by atoms with Gasteiger partial charge in [-0.15, -0.1) is 0 Å². The van der Waals surface area contributed by atoms with Crippen molar-refractivity contribution in [3.63, 3.8) is 0 Å². The van der Waals surface area contributed by atoms with Crippen LogP contribution in [0, 0.1) is 5.92 Å². The van der Waals surface area contributed by atoms with Gasteiger partial charge >= 0.3 is 6.03 Å². The molecule has 2 atom stereocenters. The van der Waals surface area contributed by atoms with Crippen molar-refractivity contribution < 1.29 is 9.53 Å². The number of carbonyl (C=O) groups excluding carboxylic acids is 1. The Morgan fingerprint density at radius 1 is 1.21 bits per heavy atom. The summed E-state index contributed by atoms with van der Waals surface area (Å²) in [7, 11) is 1.73. The quantitative estimate of drug-likeness (QED) is 0.867. The molecule has 2 heterocycles. The molecule has 0 unspecified atom stereocenters. The minimum absolute atomic E-state index is 0.115. The number of rotatable bonds is 6. The van der Waals surface area contributed by atoms with E-state index in [1.807, 2.05) is 4.90 Å². The van der Waals surface area contributed by atoms with E-state index in [2.05, 4.69) is 40.5 Å². The Bertz CT molecular complexity index is 523. The monoisotopic (exact) mass is 331 g/mol. The summed E-state index contributed by atoms with van der Waals surface area (Å²) in [5.41, 5.74) is 1.37. The maximum atomic E-state index is 12.5. The lowest BCUT2D eigenvalue weighted by atomic mass is 9.99. The molecule has 0 saturated carbocycles. The van der Waals surface area contributed by atoms with E-state index in [1.165, 1.54) is 5.56 Å². The number of hydrogen-bond acceptors (Lipinski definition) is 3. The largest absolute Gasteiger partial charge is 0.383 e. The van der Waals surface area contributed by atoms with Crippen LogP contribution in [0.1, 0.15) is 18.4 Å². The maximum absolute atomic E-state index is 12.5. The Hall–Kier alpha value is -1.59. The number of urea groups is 1. The van der Waals surface area contributed by atoms with Crippen molar-refractivity contribution in [2.24, 2.45) is 5.92 Å². The van der Waals surface area contributed by atoms with E-state index in [-0.39, 0.29) is 12.1 Å². The summed E-state index contributed by atoms with van der Waals surface area (Å²) in [6.07, 6.45) is 3.21. The molecule has 2 fully saturated rings. The van der Waals surface area contributed by atoms with Gasteiger partial charge in [-0.1, -0.05) is 30.3 Å². The van der Waals surface area contributed by atoms with Crippen LogP contribution in [0.25, 0.3) is 0 Å². The fourth-order valence-electron chi connectivity index (χ4n) is 3.77. The van der Waals surface area contributed by atoms with Gasteiger partial charge in [0, 0.05) is 45.9 Å². The van der Waals surface area contributed by atoms with Crippen molar-refractivity contribution in [2.75, 3.05) is 46.4 Å². The average Bonchev–Trinajstić information content (AvgIpc) is 3.23. The van der Waals surface area contributed by atoms with Gasteiger partial charge in [-0.25, -0.2) is 4.79 Å². The molecule has 1 aromatic carbocycles. The third-order valence-corrected chi connectivity index (χ3v) is 5.15. The van der Waals surface area contributed by atoms with Crippen LogP contribution in [0.15, 0.2) is 30.3 Å². The van der Waals surface area contributed by atoms with Crippen LogP contribution in [0.3, 0.4) is 0 Å². The van der Waals surface area contributed by atoms with E-state index in [1.54, 1.807) is 7.11 Å². The number of nitrogens with zero attached hydrogens (tertiary/aromatic N) is 2. The SMILES string of the molecule is COCCN1CC[C@H](NC(=O)N2CC[C@@H](Cc3ccccc3)C2)C1. The fraction of sp³-hybridized carbons (Fsp3) is 0.632. The molecule has 3 rings (SSSR count). The van der Waals surface area contributed by atoms with Gasteiger partial charge in [-0.05, 0) is 30.7 Å². The van der Waals surface area contributed by atoms with Crippen LogP contribution in [-0.2, 0) is 11.2 Å². The Balaban J connectivity index is 1.40. The molecule has 24 heavy (non-hydrogen) atoms.